The number of benzene rings is 1. The van der Waals surface area contributed by atoms with E-state index in [4.69, 9.17) is 4.74 Å². The maximum absolute atomic E-state index is 14.1. The molecule has 0 fully saturated rings. The summed E-state index contributed by atoms with van der Waals surface area (Å²) in [6, 6.07) is 6.91. The van der Waals surface area contributed by atoms with Crippen LogP contribution in [-0.4, -0.2) is 31.6 Å². The second kappa shape index (κ2) is 8.13. The maximum atomic E-state index is 14.1. The second-order valence-electron chi connectivity index (χ2n) is 6.53. The standard InChI is InChI=1S/C17H21FN2O4S2/c1-17(2,3)24-15(21)19-11-7-6-10-14(18)26(22,23)16-20-12-8-4-5-9-13(12)25-16/h4-5,8-10H,6-7,11H2,1-3H3,(H,19,21)/b14-10+. The van der Waals surface area contributed by atoms with Crippen LogP contribution in [0.25, 0.3) is 10.2 Å². The van der Waals surface area contributed by atoms with E-state index in [9.17, 15) is 17.6 Å². The number of nitrogens with one attached hydrogen (secondary N) is 1. The Morgan fingerprint density at radius 2 is 2.04 bits per heavy atom. The zero-order valence-corrected chi connectivity index (χ0v) is 16.4. The van der Waals surface area contributed by atoms with E-state index in [-0.39, 0.29) is 17.3 Å². The van der Waals surface area contributed by atoms with Gasteiger partial charge in [-0.1, -0.05) is 12.1 Å². The molecular formula is C17H21FN2O4S2. The fourth-order valence-electron chi connectivity index (χ4n) is 1.98. The minimum atomic E-state index is -4.24. The van der Waals surface area contributed by atoms with E-state index in [1.807, 2.05) is 0 Å². The predicted octanol–water partition coefficient (Wildman–Crippen LogP) is 4.19. The Labute approximate surface area is 156 Å². The Bertz CT molecular complexity index is 881. The Morgan fingerprint density at radius 3 is 2.69 bits per heavy atom. The molecule has 1 amide bonds. The van der Waals surface area contributed by atoms with Gasteiger partial charge in [-0.3, -0.25) is 0 Å². The Morgan fingerprint density at radius 1 is 1.35 bits per heavy atom. The molecule has 1 heterocycles. The van der Waals surface area contributed by atoms with Crippen molar-refractivity contribution in [1.29, 1.82) is 0 Å². The number of halogens is 1. The molecule has 0 saturated heterocycles. The van der Waals surface area contributed by atoms with Gasteiger partial charge in [0.2, 0.25) is 9.50 Å². The van der Waals surface area contributed by atoms with Crippen molar-refractivity contribution in [2.45, 2.75) is 43.6 Å². The van der Waals surface area contributed by atoms with E-state index in [1.165, 1.54) is 0 Å². The first-order valence-corrected chi connectivity index (χ1v) is 10.3. The number of ether oxygens (including phenoxy) is 1. The van der Waals surface area contributed by atoms with Gasteiger partial charge in [-0.25, -0.2) is 18.2 Å². The topological polar surface area (TPSA) is 85.4 Å². The number of rotatable bonds is 6. The molecule has 0 atom stereocenters. The highest BCUT2D eigenvalue weighted by atomic mass is 32.2. The summed E-state index contributed by atoms with van der Waals surface area (Å²) in [5, 5.41) is 1.30. The first-order valence-electron chi connectivity index (χ1n) is 8.03. The molecule has 6 nitrogen and oxygen atoms in total. The summed E-state index contributed by atoms with van der Waals surface area (Å²) in [5.74, 6) is 0. The molecule has 0 spiro atoms. The highest BCUT2D eigenvalue weighted by molar-refractivity contribution is 7.96. The number of nitrogens with zero attached hydrogens (tertiary/aromatic N) is 1. The number of thiazole rings is 1. The summed E-state index contributed by atoms with van der Waals surface area (Å²) >= 11 is 0.932. The monoisotopic (exact) mass is 400 g/mol. The van der Waals surface area contributed by atoms with Gasteiger partial charge in [0.15, 0.2) is 0 Å². The molecule has 0 aliphatic rings. The van der Waals surface area contributed by atoms with Gasteiger partial charge in [0.1, 0.15) is 5.60 Å². The van der Waals surface area contributed by atoms with Gasteiger partial charge in [0.25, 0.3) is 9.84 Å². The van der Waals surface area contributed by atoms with Crippen molar-refractivity contribution in [2.75, 3.05) is 6.54 Å². The lowest BCUT2D eigenvalue weighted by molar-refractivity contribution is 0.0527. The molecule has 1 aromatic carbocycles. The molecule has 2 rings (SSSR count). The first kappa shape index (κ1) is 20.3. The number of allylic oxidation sites excluding steroid dienone is 1. The minimum absolute atomic E-state index is 0.158. The van der Waals surface area contributed by atoms with Gasteiger partial charge in [-0.2, -0.15) is 4.39 Å². The number of amides is 1. The third-order valence-corrected chi connectivity index (χ3v) is 6.09. The highest BCUT2D eigenvalue weighted by Gasteiger charge is 2.25. The van der Waals surface area contributed by atoms with Gasteiger partial charge >= 0.3 is 6.09 Å². The molecule has 0 unspecified atom stereocenters. The van der Waals surface area contributed by atoms with Crippen LogP contribution >= 0.6 is 11.3 Å². The van der Waals surface area contributed by atoms with Gasteiger partial charge in [-0.15, -0.1) is 11.3 Å². The molecule has 9 heteroatoms. The molecule has 1 N–H and O–H groups in total. The maximum Gasteiger partial charge on any atom is 0.407 e. The summed E-state index contributed by atoms with van der Waals surface area (Å²) in [4.78, 5) is 15.4. The zero-order valence-electron chi connectivity index (χ0n) is 14.8. The quantitative estimate of drug-likeness (QED) is 0.735. The van der Waals surface area contributed by atoms with E-state index in [0.29, 0.717) is 16.6 Å². The molecule has 142 valence electrons. The van der Waals surface area contributed by atoms with E-state index in [0.717, 1.165) is 17.4 Å². The predicted molar refractivity (Wildman–Crippen MR) is 99.5 cm³/mol. The van der Waals surface area contributed by atoms with Crippen LogP contribution in [0.1, 0.15) is 33.6 Å². The molecule has 0 aliphatic carbocycles. The smallest absolute Gasteiger partial charge is 0.407 e. The summed E-state index contributed by atoms with van der Waals surface area (Å²) in [5.41, 5.74) is -0.0769. The summed E-state index contributed by atoms with van der Waals surface area (Å²) in [6.45, 7) is 5.49. The summed E-state index contributed by atoms with van der Waals surface area (Å²) in [6.07, 6.45) is 0.968. The van der Waals surface area contributed by atoms with E-state index in [2.05, 4.69) is 10.3 Å². The van der Waals surface area contributed by atoms with Crippen LogP contribution in [-0.2, 0) is 14.6 Å². The second-order valence-corrected chi connectivity index (χ2v) is 9.60. The third-order valence-electron chi connectivity index (χ3n) is 3.11. The number of carbonyl (C=O) groups is 1. The summed E-state index contributed by atoms with van der Waals surface area (Å²) < 4.78 is 44.1. The fourth-order valence-corrected chi connectivity index (χ4v) is 4.35. The molecular weight excluding hydrogens is 379 g/mol. The van der Waals surface area contributed by atoms with Gasteiger partial charge in [-0.05, 0) is 51.8 Å². The number of sulfone groups is 1. The van der Waals surface area contributed by atoms with Crippen LogP contribution < -0.4 is 5.32 Å². The highest BCUT2D eigenvalue weighted by Crippen LogP contribution is 2.29. The molecule has 0 radical (unpaired) electrons. The van der Waals surface area contributed by atoms with E-state index >= 15 is 0 Å². The number of fused-ring (bicyclic) bond motifs is 1. The lowest BCUT2D eigenvalue weighted by Gasteiger charge is -2.19. The summed E-state index contributed by atoms with van der Waals surface area (Å²) in [7, 11) is -4.24. The van der Waals surface area contributed by atoms with Crippen LogP contribution in [0.2, 0.25) is 0 Å². The largest absolute Gasteiger partial charge is 0.444 e. The lowest BCUT2D eigenvalue weighted by Crippen LogP contribution is -2.32. The van der Waals surface area contributed by atoms with Crippen molar-refractivity contribution in [2.24, 2.45) is 0 Å². The number of carbonyl (C=O) groups excluding carboxylic acids is 1. The molecule has 26 heavy (non-hydrogen) atoms. The van der Waals surface area contributed by atoms with Gasteiger partial charge in [0, 0.05) is 6.54 Å². The van der Waals surface area contributed by atoms with Crippen molar-refractivity contribution < 1.29 is 22.3 Å². The molecule has 1 aromatic heterocycles. The van der Waals surface area contributed by atoms with Crippen LogP contribution in [0.4, 0.5) is 9.18 Å². The normalized spacial score (nSPS) is 13.0. The SMILES string of the molecule is CC(C)(C)OC(=O)NCCC/C=C(\F)S(=O)(=O)c1nc2ccccc2s1. The van der Waals surface area contributed by atoms with Gasteiger partial charge < -0.3 is 10.1 Å². The van der Waals surface area contributed by atoms with Gasteiger partial charge in [0.05, 0.1) is 10.2 Å². The fraction of sp³-hybridized carbons (Fsp3) is 0.412. The number of hydrogen-bond acceptors (Lipinski definition) is 6. The average molecular weight is 400 g/mol. The number of unbranched alkanes of at least 4 members (excludes halogenated alkanes) is 1. The molecule has 2 aromatic rings. The van der Waals surface area contributed by atoms with Crippen molar-refractivity contribution in [1.82, 2.24) is 10.3 Å². The van der Waals surface area contributed by atoms with Crippen molar-refractivity contribution in [3.63, 3.8) is 0 Å². The Kier molecular flexibility index (Phi) is 6.35. The minimum Gasteiger partial charge on any atom is -0.444 e. The zero-order chi connectivity index (χ0) is 19.4. The van der Waals surface area contributed by atoms with Crippen LogP contribution in [0.5, 0.6) is 0 Å². The average Bonchev–Trinajstić information content (AvgIpc) is 2.97. The Balaban J connectivity index is 1.91. The molecule has 0 aliphatic heterocycles. The van der Waals surface area contributed by atoms with Crippen molar-refractivity contribution in [3.8, 4) is 0 Å². The lowest BCUT2D eigenvalue weighted by atomic mass is 10.2. The molecule has 0 bridgehead atoms. The Hall–Kier alpha value is -2.00. The van der Waals surface area contributed by atoms with Crippen LogP contribution in [0, 0.1) is 0 Å². The van der Waals surface area contributed by atoms with Crippen LogP contribution in [0.3, 0.4) is 0 Å². The first-order chi connectivity index (χ1) is 12.1. The van der Waals surface area contributed by atoms with Crippen molar-refractivity contribution in [3.05, 3.63) is 35.5 Å². The van der Waals surface area contributed by atoms with Crippen LogP contribution in [0.15, 0.2) is 39.8 Å². The third kappa shape index (κ3) is 5.50. The van der Waals surface area contributed by atoms with Crippen molar-refractivity contribution >= 4 is 37.5 Å². The number of alkyl carbamates (subject to hydrolysis) is 1. The number of hydrogen-bond donors (Lipinski definition) is 1. The molecule has 0 saturated carbocycles. The van der Waals surface area contributed by atoms with E-state index < -0.39 is 26.7 Å². The van der Waals surface area contributed by atoms with E-state index in [1.54, 1.807) is 45.0 Å². The number of para-hydroxylation sites is 1. The number of aromatic nitrogens is 1.